The summed E-state index contributed by atoms with van der Waals surface area (Å²) in [7, 11) is 1.64. The number of rotatable bonds is 5. The summed E-state index contributed by atoms with van der Waals surface area (Å²) in [5.74, 6) is -0.512. The van der Waals surface area contributed by atoms with E-state index in [1.807, 2.05) is 37.3 Å². The summed E-state index contributed by atoms with van der Waals surface area (Å²) >= 11 is 1.48. The predicted molar refractivity (Wildman–Crippen MR) is 90.1 cm³/mol. The van der Waals surface area contributed by atoms with E-state index in [0.717, 1.165) is 28.3 Å². The fraction of sp³-hybridized carbons (Fsp3) is 0.353. The second-order valence-electron chi connectivity index (χ2n) is 5.88. The van der Waals surface area contributed by atoms with Crippen molar-refractivity contribution in [3.8, 4) is 10.4 Å². The summed E-state index contributed by atoms with van der Waals surface area (Å²) in [6, 6.07) is 9.15. The molecule has 1 saturated carbocycles. The van der Waals surface area contributed by atoms with E-state index in [1.54, 1.807) is 7.05 Å². The van der Waals surface area contributed by atoms with Gasteiger partial charge in [0.15, 0.2) is 0 Å². The van der Waals surface area contributed by atoms with Crippen molar-refractivity contribution in [2.75, 3.05) is 7.05 Å². The van der Waals surface area contributed by atoms with Crippen LogP contribution in [0.5, 0.6) is 0 Å². The number of benzene rings is 1. The molecular weight excluding hydrogens is 310 g/mol. The zero-order chi connectivity index (χ0) is 16.6. The first kappa shape index (κ1) is 15.7. The summed E-state index contributed by atoms with van der Waals surface area (Å²) in [5, 5.41) is 0.822. The first-order valence-corrected chi connectivity index (χ1v) is 8.40. The van der Waals surface area contributed by atoms with E-state index in [-0.39, 0.29) is 11.8 Å². The number of likely N-dealkylation sites (N-methyl/N-ethyl adjacent to an activating group) is 1. The second-order valence-corrected chi connectivity index (χ2v) is 7.08. The van der Waals surface area contributed by atoms with E-state index < -0.39 is 11.9 Å². The molecule has 5 nitrogen and oxygen atoms in total. The molecule has 23 heavy (non-hydrogen) atoms. The van der Waals surface area contributed by atoms with E-state index in [1.165, 1.54) is 16.2 Å². The van der Waals surface area contributed by atoms with Crippen molar-refractivity contribution in [1.82, 2.24) is 9.88 Å². The standard InChI is InChI=1S/C17H19N3O2S/c1-10-19-13(15(23-10)12-6-4-3-5-7-12)17(22)20(2)14(16(18)21)11-8-9-11/h3-7,11,14H,8-9H2,1-2H3,(H2,18,21). The highest BCUT2D eigenvalue weighted by Crippen LogP contribution is 2.36. The van der Waals surface area contributed by atoms with E-state index >= 15 is 0 Å². The van der Waals surface area contributed by atoms with Gasteiger partial charge in [0.1, 0.15) is 11.7 Å². The third-order valence-corrected chi connectivity index (χ3v) is 5.09. The Morgan fingerprint density at radius 1 is 1.30 bits per heavy atom. The highest BCUT2D eigenvalue weighted by Gasteiger charge is 2.40. The highest BCUT2D eigenvalue weighted by atomic mass is 32.1. The quantitative estimate of drug-likeness (QED) is 0.915. The number of aromatic nitrogens is 1. The third kappa shape index (κ3) is 3.12. The molecule has 2 aromatic rings. The molecule has 1 atom stereocenters. The summed E-state index contributed by atoms with van der Waals surface area (Å²) in [6.07, 6.45) is 1.87. The molecule has 1 aromatic heterocycles. The molecule has 1 heterocycles. The minimum atomic E-state index is -0.548. The SMILES string of the molecule is Cc1nc(C(=O)N(C)C(C(N)=O)C2CC2)c(-c2ccccc2)s1. The van der Waals surface area contributed by atoms with E-state index in [0.29, 0.717) is 5.69 Å². The van der Waals surface area contributed by atoms with Gasteiger partial charge in [-0.1, -0.05) is 30.3 Å². The number of carbonyl (C=O) groups is 2. The normalized spacial score (nSPS) is 15.2. The van der Waals surface area contributed by atoms with Gasteiger partial charge >= 0.3 is 0 Å². The molecule has 3 rings (SSSR count). The molecular formula is C17H19N3O2S. The molecule has 1 unspecified atom stereocenters. The zero-order valence-electron chi connectivity index (χ0n) is 13.2. The van der Waals surface area contributed by atoms with Crippen molar-refractivity contribution in [1.29, 1.82) is 0 Å². The van der Waals surface area contributed by atoms with Crippen LogP contribution in [0.15, 0.2) is 30.3 Å². The number of primary amides is 1. The van der Waals surface area contributed by atoms with Crippen molar-refractivity contribution in [2.24, 2.45) is 11.7 Å². The van der Waals surface area contributed by atoms with Crippen LogP contribution in [-0.2, 0) is 4.79 Å². The van der Waals surface area contributed by atoms with Crippen LogP contribution in [0.25, 0.3) is 10.4 Å². The van der Waals surface area contributed by atoms with Gasteiger partial charge in [0.25, 0.3) is 5.91 Å². The molecule has 2 amide bonds. The number of amides is 2. The number of thiazole rings is 1. The predicted octanol–water partition coefficient (Wildman–Crippen LogP) is 2.45. The van der Waals surface area contributed by atoms with Crippen LogP contribution in [0.4, 0.5) is 0 Å². The van der Waals surface area contributed by atoms with Gasteiger partial charge in [0.2, 0.25) is 5.91 Å². The van der Waals surface area contributed by atoms with Crippen molar-refractivity contribution in [3.05, 3.63) is 41.0 Å². The molecule has 120 valence electrons. The molecule has 0 bridgehead atoms. The van der Waals surface area contributed by atoms with Crippen LogP contribution in [-0.4, -0.2) is 34.8 Å². The Hall–Kier alpha value is -2.21. The van der Waals surface area contributed by atoms with Gasteiger partial charge in [-0.3, -0.25) is 9.59 Å². The number of aryl methyl sites for hydroxylation is 1. The Labute approximate surface area is 139 Å². The van der Waals surface area contributed by atoms with Crippen molar-refractivity contribution in [2.45, 2.75) is 25.8 Å². The van der Waals surface area contributed by atoms with Crippen LogP contribution >= 0.6 is 11.3 Å². The Bertz CT molecular complexity index is 738. The number of nitrogens with zero attached hydrogens (tertiary/aromatic N) is 2. The maximum absolute atomic E-state index is 12.9. The summed E-state index contributed by atoms with van der Waals surface area (Å²) < 4.78 is 0. The Morgan fingerprint density at radius 3 is 2.52 bits per heavy atom. The largest absolute Gasteiger partial charge is 0.368 e. The van der Waals surface area contributed by atoms with Crippen molar-refractivity contribution < 1.29 is 9.59 Å². The van der Waals surface area contributed by atoms with Crippen molar-refractivity contribution >= 4 is 23.2 Å². The molecule has 1 aliphatic carbocycles. The first-order valence-electron chi connectivity index (χ1n) is 7.58. The maximum atomic E-state index is 12.9. The molecule has 1 aliphatic rings. The average molecular weight is 329 g/mol. The smallest absolute Gasteiger partial charge is 0.274 e. The zero-order valence-corrected chi connectivity index (χ0v) is 14.0. The van der Waals surface area contributed by atoms with Crippen LogP contribution < -0.4 is 5.73 Å². The lowest BCUT2D eigenvalue weighted by atomic mass is 10.1. The monoisotopic (exact) mass is 329 g/mol. The van der Waals surface area contributed by atoms with Gasteiger partial charge in [0, 0.05) is 7.05 Å². The lowest BCUT2D eigenvalue weighted by Gasteiger charge is -2.25. The second kappa shape index (κ2) is 6.12. The molecule has 2 N–H and O–H groups in total. The van der Waals surface area contributed by atoms with Crippen LogP contribution in [0.2, 0.25) is 0 Å². The van der Waals surface area contributed by atoms with Gasteiger partial charge in [-0.2, -0.15) is 0 Å². The fourth-order valence-corrected chi connectivity index (χ4v) is 3.72. The Balaban J connectivity index is 1.95. The molecule has 0 aliphatic heterocycles. The first-order chi connectivity index (χ1) is 11.0. The number of nitrogens with two attached hydrogens (primary N) is 1. The minimum absolute atomic E-state index is 0.182. The van der Waals surface area contributed by atoms with Gasteiger partial charge in [-0.15, -0.1) is 11.3 Å². The van der Waals surface area contributed by atoms with Gasteiger partial charge in [-0.05, 0) is 31.2 Å². The fourth-order valence-electron chi connectivity index (χ4n) is 2.80. The van der Waals surface area contributed by atoms with Crippen LogP contribution in [0, 0.1) is 12.8 Å². The Kier molecular flexibility index (Phi) is 4.17. The van der Waals surface area contributed by atoms with E-state index in [2.05, 4.69) is 4.98 Å². The summed E-state index contributed by atoms with van der Waals surface area (Å²) in [6.45, 7) is 1.88. The molecule has 6 heteroatoms. The number of hydrogen-bond acceptors (Lipinski definition) is 4. The average Bonchev–Trinajstić information content (AvgIpc) is 3.28. The van der Waals surface area contributed by atoms with Gasteiger partial charge in [0.05, 0.1) is 9.88 Å². The minimum Gasteiger partial charge on any atom is -0.368 e. The maximum Gasteiger partial charge on any atom is 0.274 e. The lowest BCUT2D eigenvalue weighted by molar-refractivity contribution is -0.122. The summed E-state index contributed by atoms with van der Waals surface area (Å²) in [5.41, 5.74) is 6.85. The molecule has 0 spiro atoms. The van der Waals surface area contributed by atoms with Crippen LogP contribution in [0.3, 0.4) is 0 Å². The van der Waals surface area contributed by atoms with Crippen molar-refractivity contribution in [3.63, 3.8) is 0 Å². The van der Waals surface area contributed by atoms with Gasteiger partial charge < -0.3 is 10.6 Å². The van der Waals surface area contributed by atoms with Gasteiger partial charge in [-0.25, -0.2) is 4.98 Å². The molecule has 1 aromatic carbocycles. The van der Waals surface area contributed by atoms with E-state index in [4.69, 9.17) is 5.73 Å². The molecule has 1 fully saturated rings. The third-order valence-electron chi connectivity index (χ3n) is 4.07. The highest BCUT2D eigenvalue weighted by molar-refractivity contribution is 7.15. The summed E-state index contributed by atoms with van der Waals surface area (Å²) in [4.78, 5) is 31.3. The Morgan fingerprint density at radius 2 is 1.96 bits per heavy atom. The lowest BCUT2D eigenvalue weighted by Crippen LogP contribution is -2.47. The molecule has 0 saturated heterocycles. The van der Waals surface area contributed by atoms with E-state index in [9.17, 15) is 9.59 Å². The topological polar surface area (TPSA) is 76.3 Å². The number of hydrogen-bond donors (Lipinski definition) is 1. The van der Waals surface area contributed by atoms with Crippen LogP contribution in [0.1, 0.15) is 28.3 Å². The molecule has 0 radical (unpaired) electrons. The number of carbonyl (C=O) groups excluding carboxylic acids is 2.